The SMILES string of the molecule is CN1CCCC(N(C)Cc2c(N)cccc2Br)C1. The first-order valence-corrected chi connectivity index (χ1v) is 7.29. The van der Waals surface area contributed by atoms with E-state index in [-0.39, 0.29) is 0 Å². The van der Waals surface area contributed by atoms with Gasteiger partial charge in [-0.3, -0.25) is 4.90 Å². The minimum absolute atomic E-state index is 0.634. The lowest BCUT2D eigenvalue weighted by molar-refractivity contribution is 0.129. The Hall–Kier alpha value is -0.580. The monoisotopic (exact) mass is 311 g/mol. The Morgan fingerprint density at radius 2 is 2.28 bits per heavy atom. The summed E-state index contributed by atoms with van der Waals surface area (Å²) in [6.45, 7) is 3.29. The molecule has 0 aromatic heterocycles. The van der Waals surface area contributed by atoms with Crippen molar-refractivity contribution in [3.63, 3.8) is 0 Å². The van der Waals surface area contributed by atoms with E-state index in [2.05, 4.69) is 45.9 Å². The summed E-state index contributed by atoms with van der Waals surface area (Å²) in [5.74, 6) is 0. The average molecular weight is 312 g/mol. The van der Waals surface area contributed by atoms with Crippen LogP contribution in [-0.4, -0.2) is 43.0 Å². The molecule has 1 unspecified atom stereocenters. The van der Waals surface area contributed by atoms with Gasteiger partial charge in [0.2, 0.25) is 0 Å². The van der Waals surface area contributed by atoms with Gasteiger partial charge in [0.15, 0.2) is 0 Å². The summed E-state index contributed by atoms with van der Waals surface area (Å²) in [6.07, 6.45) is 2.57. The molecule has 1 aliphatic heterocycles. The fourth-order valence-corrected chi connectivity index (χ4v) is 3.13. The highest BCUT2D eigenvalue weighted by Crippen LogP contribution is 2.25. The highest BCUT2D eigenvalue weighted by molar-refractivity contribution is 9.10. The molecule has 0 bridgehead atoms. The van der Waals surface area contributed by atoms with E-state index in [1.807, 2.05) is 12.1 Å². The minimum Gasteiger partial charge on any atom is -0.398 e. The van der Waals surface area contributed by atoms with Crippen molar-refractivity contribution in [1.82, 2.24) is 9.80 Å². The maximum absolute atomic E-state index is 6.06. The lowest BCUT2D eigenvalue weighted by Gasteiger charge is -2.36. The minimum atomic E-state index is 0.634. The van der Waals surface area contributed by atoms with E-state index in [1.165, 1.54) is 24.9 Å². The Kier molecular flexibility index (Phi) is 4.65. The summed E-state index contributed by atoms with van der Waals surface area (Å²) in [5, 5.41) is 0. The Morgan fingerprint density at radius 3 is 2.94 bits per heavy atom. The lowest BCUT2D eigenvalue weighted by atomic mass is 10.0. The third-order valence-corrected chi connectivity index (χ3v) is 4.53. The van der Waals surface area contributed by atoms with Gasteiger partial charge in [-0.25, -0.2) is 0 Å². The molecular weight excluding hydrogens is 290 g/mol. The summed E-state index contributed by atoms with van der Waals surface area (Å²) < 4.78 is 1.11. The Morgan fingerprint density at radius 1 is 1.50 bits per heavy atom. The van der Waals surface area contributed by atoms with E-state index in [0.29, 0.717) is 6.04 Å². The molecule has 4 heteroatoms. The molecule has 1 aromatic carbocycles. The van der Waals surface area contributed by atoms with Crippen LogP contribution in [0.5, 0.6) is 0 Å². The van der Waals surface area contributed by atoms with Crippen LogP contribution < -0.4 is 5.73 Å². The van der Waals surface area contributed by atoms with Crippen molar-refractivity contribution >= 4 is 21.6 Å². The first-order valence-electron chi connectivity index (χ1n) is 6.49. The molecule has 1 saturated heterocycles. The second-order valence-electron chi connectivity index (χ2n) is 5.28. The molecule has 100 valence electrons. The van der Waals surface area contributed by atoms with Crippen LogP contribution in [0.1, 0.15) is 18.4 Å². The molecule has 0 saturated carbocycles. The Balaban J connectivity index is 2.04. The molecule has 1 aliphatic rings. The predicted molar refractivity (Wildman–Crippen MR) is 80.5 cm³/mol. The van der Waals surface area contributed by atoms with E-state index in [1.54, 1.807) is 0 Å². The number of rotatable bonds is 3. The van der Waals surface area contributed by atoms with E-state index in [0.717, 1.165) is 23.2 Å². The predicted octanol–water partition coefficient (Wildman–Crippen LogP) is 2.56. The first-order chi connectivity index (χ1) is 8.58. The van der Waals surface area contributed by atoms with Crippen molar-refractivity contribution in [3.05, 3.63) is 28.2 Å². The van der Waals surface area contributed by atoms with E-state index in [4.69, 9.17) is 5.73 Å². The summed E-state index contributed by atoms with van der Waals surface area (Å²) in [7, 11) is 4.40. The van der Waals surface area contributed by atoms with Crippen molar-refractivity contribution in [2.24, 2.45) is 0 Å². The second-order valence-corrected chi connectivity index (χ2v) is 6.14. The molecule has 1 atom stereocenters. The maximum Gasteiger partial charge on any atom is 0.0371 e. The summed E-state index contributed by atoms with van der Waals surface area (Å²) in [6, 6.07) is 6.65. The molecule has 2 N–H and O–H groups in total. The molecular formula is C14H22BrN3. The number of piperidine rings is 1. The smallest absolute Gasteiger partial charge is 0.0371 e. The van der Waals surface area contributed by atoms with Crippen LogP contribution in [0.4, 0.5) is 5.69 Å². The van der Waals surface area contributed by atoms with Gasteiger partial charge in [0, 0.05) is 34.9 Å². The van der Waals surface area contributed by atoms with E-state index < -0.39 is 0 Å². The molecule has 0 aliphatic carbocycles. The van der Waals surface area contributed by atoms with Crippen LogP contribution in [0.15, 0.2) is 22.7 Å². The molecule has 0 amide bonds. The fraction of sp³-hybridized carbons (Fsp3) is 0.571. The van der Waals surface area contributed by atoms with Crippen molar-refractivity contribution in [1.29, 1.82) is 0 Å². The highest BCUT2D eigenvalue weighted by atomic mass is 79.9. The van der Waals surface area contributed by atoms with Crippen molar-refractivity contribution < 1.29 is 0 Å². The molecule has 0 spiro atoms. The zero-order chi connectivity index (χ0) is 13.1. The molecule has 1 heterocycles. The zero-order valence-electron chi connectivity index (χ0n) is 11.2. The molecule has 1 fully saturated rings. The molecule has 0 radical (unpaired) electrons. The van der Waals surface area contributed by atoms with Gasteiger partial charge < -0.3 is 10.6 Å². The lowest BCUT2D eigenvalue weighted by Crippen LogP contribution is -2.44. The summed E-state index contributed by atoms with van der Waals surface area (Å²) >= 11 is 3.59. The first kappa shape index (κ1) is 13.8. The highest BCUT2D eigenvalue weighted by Gasteiger charge is 2.21. The molecule has 18 heavy (non-hydrogen) atoms. The van der Waals surface area contributed by atoms with Crippen LogP contribution in [0.2, 0.25) is 0 Å². The molecule has 3 nitrogen and oxygen atoms in total. The molecule has 2 rings (SSSR count). The number of nitrogens with two attached hydrogens (primary N) is 1. The largest absolute Gasteiger partial charge is 0.398 e. The molecule has 1 aromatic rings. The zero-order valence-corrected chi connectivity index (χ0v) is 12.8. The number of hydrogen-bond acceptors (Lipinski definition) is 3. The van der Waals surface area contributed by atoms with Crippen molar-refractivity contribution in [2.75, 3.05) is 32.9 Å². The van der Waals surface area contributed by atoms with Gasteiger partial charge in [-0.05, 0) is 45.6 Å². The van der Waals surface area contributed by atoms with Gasteiger partial charge in [-0.15, -0.1) is 0 Å². The van der Waals surface area contributed by atoms with Crippen LogP contribution in [0.3, 0.4) is 0 Å². The average Bonchev–Trinajstić information content (AvgIpc) is 2.34. The maximum atomic E-state index is 6.06. The van der Waals surface area contributed by atoms with Gasteiger partial charge in [0.05, 0.1) is 0 Å². The van der Waals surface area contributed by atoms with Crippen LogP contribution >= 0.6 is 15.9 Å². The van der Waals surface area contributed by atoms with Crippen LogP contribution in [0.25, 0.3) is 0 Å². The van der Waals surface area contributed by atoms with Gasteiger partial charge in [-0.2, -0.15) is 0 Å². The number of benzene rings is 1. The third-order valence-electron chi connectivity index (χ3n) is 3.79. The van der Waals surface area contributed by atoms with Gasteiger partial charge in [0.25, 0.3) is 0 Å². The van der Waals surface area contributed by atoms with Gasteiger partial charge in [0.1, 0.15) is 0 Å². The number of likely N-dealkylation sites (N-methyl/N-ethyl adjacent to an activating group) is 2. The van der Waals surface area contributed by atoms with E-state index in [9.17, 15) is 0 Å². The number of anilines is 1. The van der Waals surface area contributed by atoms with Gasteiger partial charge >= 0.3 is 0 Å². The Labute approximate surface area is 118 Å². The summed E-state index contributed by atoms with van der Waals surface area (Å²) in [4.78, 5) is 4.83. The number of likely N-dealkylation sites (tertiary alicyclic amines) is 1. The normalized spacial score (nSPS) is 21.4. The number of nitrogens with zero attached hydrogens (tertiary/aromatic N) is 2. The van der Waals surface area contributed by atoms with E-state index >= 15 is 0 Å². The van der Waals surface area contributed by atoms with Crippen LogP contribution in [0, 0.1) is 0 Å². The second kappa shape index (κ2) is 6.04. The Bertz CT molecular complexity index is 388. The summed E-state index contributed by atoms with van der Waals surface area (Å²) in [5.41, 5.74) is 8.14. The number of hydrogen-bond donors (Lipinski definition) is 1. The third kappa shape index (κ3) is 3.25. The van der Waals surface area contributed by atoms with Crippen molar-refractivity contribution in [2.45, 2.75) is 25.4 Å². The van der Waals surface area contributed by atoms with Gasteiger partial charge in [-0.1, -0.05) is 22.0 Å². The van der Waals surface area contributed by atoms with Crippen LogP contribution in [-0.2, 0) is 6.54 Å². The topological polar surface area (TPSA) is 32.5 Å². The quantitative estimate of drug-likeness (QED) is 0.871. The fourth-order valence-electron chi connectivity index (χ4n) is 2.62. The van der Waals surface area contributed by atoms with Crippen molar-refractivity contribution in [3.8, 4) is 0 Å². The number of halogens is 1. The number of nitrogen functional groups attached to an aromatic ring is 1. The standard InChI is InChI=1S/C14H22BrN3/c1-17-8-4-5-11(9-17)18(2)10-12-13(15)6-3-7-14(12)16/h3,6-7,11H,4-5,8-10,16H2,1-2H3.